The number of rotatable bonds is 3. The highest BCUT2D eigenvalue weighted by atomic mass is 32.2. The highest BCUT2D eigenvalue weighted by Gasteiger charge is 2.07. The van der Waals surface area contributed by atoms with Gasteiger partial charge in [-0.3, -0.25) is 4.79 Å². The van der Waals surface area contributed by atoms with Crippen LogP contribution in [0, 0.1) is 18.8 Å². The van der Waals surface area contributed by atoms with Crippen LogP contribution in [0.1, 0.15) is 34.8 Å². The molecule has 1 aromatic carbocycles. The van der Waals surface area contributed by atoms with Crippen molar-refractivity contribution in [2.45, 2.75) is 20.3 Å². The van der Waals surface area contributed by atoms with E-state index in [9.17, 15) is 9.59 Å². The smallest absolute Gasteiger partial charge is 0.336 e. The van der Waals surface area contributed by atoms with E-state index in [1.807, 2.05) is 13.0 Å². The first-order valence-electron chi connectivity index (χ1n) is 5.47. The van der Waals surface area contributed by atoms with Crippen molar-refractivity contribution in [3.63, 3.8) is 0 Å². The normalized spacial score (nSPS) is 9.44. The quantitative estimate of drug-likeness (QED) is 0.672. The fraction of sp³-hybridized carbons (Fsp3) is 0.286. The fourth-order valence-corrected chi connectivity index (χ4v) is 1.84. The van der Waals surface area contributed by atoms with Gasteiger partial charge in [-0.05, 0) is 19.1 Å². The van der Waals surface area contributed by atoms with E-state index in [0.717, 1.165) is 5.56 Å². The van der Waals surface area contributed by atoms with Gasteiger partial charge in [0.2, 0.25) is 0 Å². The molecule has 0 aliphatic rings. The minimum atomic E-state index is -0.971. The average Bonchev–Trinajstić information content (AvgIpc) is 2.29. The molecule has 0 heterocycles. The molecule has 0 fully saturated rings. The van der Waals surface area contributed by atoms with Gasteiger partial charge < -0.3 is 5.11 Å². The molecule has 0 amide bonds. The summed E-state index contributed by atoms with van der Waals surface area (Å²) in [6.45, 7) is 3.35. The molecule has 1 N–H and O–H groups in total. The van der Waals surface area contributed by atoms with Crippen LogP contribution in [0.2, 0.25) is 0 Å². The van der Waals surface area contributed by atoms with Crippen molar-refractivity contribution < 1.29 is 14.7 Å². The molecule has 0 saturated carbocycles. The Morgan fingerprint density at radius 2 is 2.11 bits per heavy atom. The number of aryl methyl sites for hydroxylation is 1. The van der Waals surface area contributed by atoms with E-state index < -0.39 is 5.97 Å². The molecular weight excluding hydrogens is 248 g/mol. The highest BCUT2D eigenvalue weighted by molar-refractivity contribution is 8.13. The molecule has 1 rings (SSSR count). The van der Waals surface area contributed by atoms with Crippen LogP contribution in [0.25, 0.3) is 0 Å². The Morgan fingerprint density at radius 3 is 2.72 bits per heavy atom. The second-order valence-electron chi connectivity index (χ2n) is 3.75. The van der Waals surface area contributed by atoms with Crippen molar-refractivity contribution in [1.29, 1.82) is 0 Å². The second kappa shape index (κ2) is 6.87. The molecule has 0 aliphatic carbocycles. The third-order valence-electron chi connectivity index (χ3n) is 2.16. The molecule has 1 aromatic rings. The van der Waals surface area contributed by atoms with Gasteiger partial charge >= 0.3 is 5.97 Å². The van der Waals surface area contributed by atoms with Gasteiger partial charge in [0.25, 0.3) is 0 Å². The molecule has 0 bridgehead atoms. The van der Waals surface area contributed by atoms with Gasteiger partial charge in [-0.15, -0.1) is 0 Å². The summed E-state index contributed by atoms with van der Waals surface area (Å²) < 4.78 is 0. The van der Waals surface area contributed by atoms with Crippen LogP contribution in [0.4, 0.5) is 0 Å². The molecule has 3 nitrogen and oxygen atoms in total. The molecule has 94 valence electrons. The first-order chi connectivity index (χ1) is 8.50. The Hall–Kier alpha value is -1.73. The molecule has 4 heteroatoms. The van der Waals surface area contributed by atoms with Crippen LogP contribution in [0.3, 0.4) is 0 Å². The molecular formula is C14H14O3S. The van der Waals surface area contributed by atoms with Gasteiger partial charge in [0, 0.05) is 24.7 Å². The number of carboxylic acid groups (broad SMARTS) is 1. The predicted molar refractivity (Wildman–Crippen MR) is 72.8 cm³/mol. The first-order valence-corrected chi connectivity index (χ1v) is 6.45. The third kappa shape index (κ3) is 4.64. The van der Waals surface area contributed by atoms with E-state index in [4.69, 9.17) is 5.11 Å². The summed E-state index contributed by atoms with van der Waals surface area (Å²) in [7, 11) is 0. The van der Waals surface area contributed by atoms with Crippen LogP contribution in [0.5, 0.6) is 0 Å². The number of benzene rings is 1. The minimum absolute atomic E-state index is 0.0679. The van der Waals surface area contributed by atoms with Crippen molar-refractivity contribution in [3.05, 3.63) is 34.9 Å². The van der Waals surface area contributed by atoms with Crippen molar-refractivity contribution in [3.8, 4) is 11.8 Å². The van der Waals surface area contributed by atoms with Crippen molar-refractivity contribution in [2.75, 3.05) is 5.75 Å². The number of hydrogen-bond donors (Lipinski definition) is 1. The van der Waals surface area contributed by atoms with Crippen molar-refractivity contribution in [2.24, 2.45) is 0 Å². The highest BCUT2D eigenvalue weighted by Crippen LogP contribution is 2.11. The van der Waals surface area contributed by atoms with Crippen molar-refractivity contribution in [1.82, 2.24) is 0 Å². The summed E-state index contributed by atoms with van der Waals surface area (Å²) in [5.41, 5.74) is 1.63. The van der Waals surface area contributed by atoms with Crippen LogP contribution in [-0.2, 0) is 4.79 Å². The number of carbonyl (C=O) groups is 2. The second-order valence-corrected chi connectivity index (χ2v) is 5.02. The van der Waals surface area contributed by atoms with E-state index in [2.05, 4.69) is 11.8 Å². The van der Waals surface area contributed by atoms with Gasteiger partial charge in [0.1, 0.15) is 0 Å². The molecule has 0 atom stereocenters. The Bertz CT molecular complexity index is 524. The standard InChI is InChI=1S/C14H14O3S/c1-10-6-7-12(13(9-10)14(16)17)5-3-4-8-18-11(2)15/h6-7,9H,4,8H2,1-2H3,(H,16,17). The Labute approximate surface area is 111 Å². The Kier molecular flexibility index (Phi) is 5.47. The maximum atomic E-state index is 11.0. The Balaban J connectivity index is 2.75. The number of carbonyl (C=O) groups excluding carboxylic acids is 1. The topological polar surface area (TPSA) is 54.4 Å². The van der Waals surface area contributed by atoms with Gasteiger partial charge in [-0.1, -0.05) is 35.2 Å². The lowest BCUT2D eigenvalue weighted by atomic mass is 10.0. The summed E-state index contributed by atoms with van der Waals surface area (Å²) in [6.07, 6.45) is 0.567. The minimum Gasteiger partial charge on any atom is -0.478 e. The third-order valence-corrected chi connectivity index (χ3v) is 2.98. The number of hydrogen-bond acceptors (Lipinski definition) is 3. The summed E-state index contributed by atoms with van der Waals surface area (Å²) in [4.78, 5) is 21.7. The number of carboxylic acids is 1. The zero-order valence-electron chi connectivity index (χ0n) is 10.3. The predicted octanol–water partition coefficient (Wildman–Crippen LogP) is 2.71. The number of thioether (sulfide) groups is 1. The van der Waals surface area contributed by atoms with Gasteiger partial charge in [0.15, 0.2) is 5.12 Å². The van der Waals surface area contributed by atoms with Crippen LogP contribution < -0.4 is 0 Å². The van der Waals surface area contributed by atoms with E-state index in [-0.39, 0.29) is 10.7 Å². The lowest BCUT2D eigenvalue weighted by molar-refractivity contribution is -0.109. The zero-order chi connectivity index (χ0) is 13.5. The summed E-state index contributed by atoms with van der Waals surface area (Å²) >= 11 is 1.22. The average molecular weight is 262 g/mol. The lowest BCUT2D eigenvalue weighted by Gasteiger charge is -2.00. The summed E-state index contributed by atoms with van der Waals surface area (Å²) in [5, 5.41) is 9.12. The van der Waals surface area contributed by atoms with E-state index in [1.165, 1.54) is 18.7 Å². The van der Waals surface area contributed by atoms with Gasteiger partial charge in [-0.2, -0.15) is 0 Å². The fourth-order valence-electron chi connectivity index (χ4n) is 1.35. The zero-order valence-corrected chi connectivity index (χ0v) is 11.1. The van der Waals surface area contributed by atoms with Gasteiger partial charge in [-0.25, -0.2) is 4.79 Å². The van der Waals surface area contributed by atoms with Gasteiger partial charge in [0.05, 0.1) is 5.56 Å². The first kappa shape index (κ1) is 14.3. The summed E-state index contributed by atoms with van der Waals surface area (Å²) in [5.74, 6) is 5.39. The lowest BCUT2D eigenvalue weighted by Crippen LogP contribution is -2.00. The molecule has 0 saturated heterocycles. The maximum absolute atomic E-state index is 11.0. The molecule has 0 spiro atoms. The van der Waals surface area contributed by atoms with E-state index in [1.54, 1.807) is 12.1 Å². The van der Waals surface area contributed by atoms with Crippen molar-refractivity contribution >= 4 is 22.8 Å². The molecule has 0 unspecified atom stereocenters. The monoisotopic (exact) mass is 262 g/mol. The Morgan fingerprint density at radius 1 is 1.39 bits per heavy atom. The number of aromatic carboxylic acids is 1. The molecule has 0 radical (unpaired) electrons. The maximum Gasteiger partial charge on any atom is 0.336 e. The van der Waals surface area contributed by atoms with E-state index in [0.29, 0.717) is 17.7 Å². The largest absolute Gasteiger partial charge is 0.478 e. The molecule has 0 aromatic heterocycles. The summed E-state index contributed by atoms with van der Waals surface area (Å²) in [6, 6.07) is 5.15. The van der Waals surface area contributed by atoms with Crippen LogP contribution >= 0.6 is 11.8 Å². The van der Waals surface area contributed by atoms with E-state index >= 15 is 0 Å². The molecule has 0 aliphatic heterocycles. The molecule has 18 heavy (non-hydrogen) atoms. The van der Waals surface area contributed by atoms with Crippen LogP contribution in [-0.4, -0.2) is 21.9 Å². The SMILES string of the molecule is CC(=O)SCCC#Cc1ccc(C)cc1C(=O)O. The van der Waals surface area contributed by atoms with Crippen LogP contribution in [0.15, 0.2) is 18.2 Å².